The summed E-state index contributed by atoms with van der Waals surface area (Å²) in [5, 5.41) is 2.89. The summed E-state index contributed by atoms with van der Waals surface area (Å²) in [6, 6.07) is 10.3. The number of methoxy groups -OCH3 is 2. The molecule has 0 bridgehead atoms. The lowest BCUT2D eigenvalue weighted by atomic mass is 10.0. The zero-order valence-electron chi connectivity index (χ0n) is 15.4. The van der Waals surface area contributed by atoms with E-state index in [4.69, 9.17) is 14.2 Å². The maximum atomic E-state index is 12.2. The minimum absolute atomic E-state index is 0.171. The monoisotopic (exact) mass is 357 g/mol. The number of hydrogen-bond acceptors (Lipinski definition) is 5. The van der Waals surface area contributed by atoms with Gasteiger partial charge in [-0.15, -0.1) is 0 Å². The largest absolute Gasteiger partial charge is 0.496 e. The van der Waals surface area contributed by atoms with Crippen LogP contribution in [0.2, 0.25) is 0 Å². The second kappa shape index (κ2) is 8.89. The highest BCUT2D eigenvalue weighted by Crippen LogP contribution is 2.28. The van der Waals surface area contributed by atoms with Crippen molar-refractivity contribution in [1.29, 1.82) is 0 Å². The Hall–Kier alpha value is -3.02. The number of aldehydes is 1. The first kappa shape index (κ1) is 19.3. The van der Waals surface area contributed by atoms with Crippen molar-refractivity contribution < 1.29 is 23.8 Å². The van der Waals surface area contributed by atoms with Crippen LogP contribution in [0, 0.1) is 6.92 Å². The number of carbonyl (C=O) groups is 2. The van der Waals surface area contributed by atoms with Crippen LogP contribution in [-0.4, -0.2) is 33.0 Å². The maximum absolute atomic E-state index is 12.2. The topological polar surface area (TPSA) is 73.9 Å². The molecule has 6 heteroatoms. The highest BCUT2D eigenvalue weighted by atomic mass is 16.5. The van der Waals surface area contributed by atoms with Crippen molar-refractivity contribution >= 4 is 12.2 Å². The molecular formula is C20H23NO5. The van der Waals surface area contributed by atoms with Crippen LogP contribution in [0.15, 0.2) is 36.4 Å². The minimum atomic E-state index is -0.275. The van der Waals surface area contributed by atoms with Crippen LogP contribution in [0.4, 0.5) is 0 Å². The van der Waals surface area contributed by atoms with Gasteiger partial charge in [-0.05, 0) is 38.1 Å². The molecule has 2 aromatic rings. The van der Waals surface area contributed by atoms with Gasteiger partial charge in [0.1, 0.15) is 12.0 Å². The van der Waals surface area contributed by atoms with Crippen LogP contribution >= 0.6 is 0 Å². The predicted molar refractivity (Wildman–Crippen MR) is 98.2 cm³/mol. The molecule has 0 heterocycles. The maximum Gasteiger partial charge on any atom is 0.258 e. The average molecular weight is 357 g/mol. The Kier molecular flexibility index (Phi) is 6.60. The fourth-order valence-corrected chi connectivity index (χ4v) is 2.57. The van der Waals surface area contributed by atoms with E-state index in [1.165, 1.54) is 7.11 Å². The smallest absolute Gasteiger partial charge is 0.258 e. The van der Waals surface area contributed by atoms with E-state index in [2.05, 4.69) is 5.32 Å². The molecule has 0 saturated carbocycles. The predicted octanol–water partition coefficient (Wildman–Crippen LogP) is 3.08. The van der Waals surface area contributed by atoms with Gasteiger partial charge in [-0.3, -0.25) is 9.59 Å². The minimum Gasteiger partial charge on any atom is -0.496 e. The zero-order chi connectivity index (χ0) is 19.1. The van der Waals surface area contributed by atoms with Gasteiger partial charge in [-0.1, -0.05) is 17.7 Å². The van der Waals surface area contributed by atoms with Crippen molar-refractivity contribution in [2.24, 2.45) is 0 Å². The van der Waals surface area contributed by atoms with Crippen molar-refractivity contribution in [3.63, 3.8) is 0 Å². The van der Waals surface area contributed by atoms with Gasteiger partial charge in [0.25, 0.3) is 5.91 Å². The molecule has 0 aliphatic heterocycles. The van der Waals surface area contributed by atoms with E-state index in [1.54, 1.807) is 25.3 Å². The lowest BCUT2D eigenvalue weighted by Crippen LogP contribution is -2.31. The average Bonchev–Trinajstić information content (AvgIpc) is 2.66. The van der Waals surface area contributed by atoms with E-state index in [0.29, 0.717) is 17.1 Å². The molecule has 0 saturated heterocycles. The van der Waals surface area contributed by atoms with Gasteiger partial charge in [0.2, 0.25) is 0 Å². The first-order chi connectivity index (χ1) is 12.5. The van der Waals surface area contributed by atoms with Crippen molar-refractivity contribution in [2.75, 3.05) is 20.8 Å². The molecule has 1 N–H and O–H groups in total. The van der Waals surface area contributed by atoms with E-state index in [0.717, 1.165) is 23.2 Å². The number of nitrogens with one attached hydrogen (secondary N) is 1. The molecule has 26 heavy (non-hydrogen) atoms. The van der Waals surface area contributed by atoms with Crippen LogP contribution in [0.3, 0.4) is 0 Å². The molecule has 0 aliphatic rings. The third-order valence-electron chi connectivity index (χ3n) is 3.91. The number of carbonyl (C=O) groups excluding carboxylic acids is 2. The summed E-state index contributed by atoms with van der Waals surface area (Å²) >= 11 is 0. The quantitative estimate of drug-likeness (QED) is 0.735. The standard InChI is InChI=1S/C20H23NO5/c1-13-5-7-17(24-3)16(9-13)14(2)21-20(23)12-26-18-8-6-15(11-22)10-19(18)25-4/h5-11,14H,12H2,1-4H3,(H,21,23)/t14-/m0/s1. The van der Waals surface area contributed by atoms with E-state index in [-0.39, 0.29) is 18.6 Å². The highest BCUT2D eigenvalue weighted by Gasteiger charge is 2.15. The molecular weight excluding hydrogens is 334 g/mol. The van der Waals surface area contributed by atoms with Crippen molar-refractivity contribution in [1.82, 2.24) is 5.32 Å². The highest BCUT2D eigenvalue weighted by molar-refractivity contribution is 5.79. The number of hydrogen-bond donors (Lipinski definition) is 1. The number of ether oxygens (including phenoxy) is 3. The van der Waals surface area contributed by atoms with Gasteiger partial charge >= 0.3 is 0 Å². The van der Waals surface area contributed by atoms with E-state index < -0.39 is 0 Å². The van der Waals surface area contributed by atoms with Crippen molar-refractivity contribution in [3.8, 4) is 17.2 Å². The van der Waals surface area contributed by atoms with Crippen LogP contribution in [0.1, 0.15) is 34.5 Å². The Bertz CT molecular complexity index is 788. The third-order valence-corrected chi connectivity index (χ3v) is 3.91. The molecule has 0 radical (unpaired) electrons. The van der Waals surface area contributed by atoms with Gasteiger partial charge in [-0.2, -0.15) is 0 Å². The normalized spacial score (nSPS) is 11.4. The summed E-state index contributed by atoms with van der Waals surface area (Å²) in [4.78, 5) is 23.0. The fraction of sp³-hybridized carbons (Fsp3) is 0.300. The number of amides is 1. The first-order valence-electron chi connectivity index (χ1n) is 8.18. The van der Waals surface area contributed by atoms with Gasteiger partial charge in [0.15, 0.2) is 18.1 Å². The Morgan fingerprint density at radius 1 is 1.08 bits per heavy atom. The SMILES string of the molecule is COc1cc(C=O)ccc1OCC(=O)N[C@@H](C)c1cc(C)ccc1OC. The molecule has 0 fully saturated rings. The van der Waals surface area contributed by atoms with Crippen LogP contribution in [0.25, 0.3) is 0 Å². The molecule has 0 aliphatic carbocycles. The summed E-state index contributed by atoms with van der Waals surface area (Å²) in [5.74, 6) is 1.24. The Morgan fingerprint density at radius 3 is 2.42 bits per heavy atom. The van der Waals surface area contributed by atoms with E-state index in [9.17, 15) is 9.59 Å². The van der Waals surface area contributed by atoms with Crippen molar-refractivity contribution in [2.45, 2.75) is 19.9 Å². The summed E-state index contributed by atoms with van der Waals surface area (Å²) in [5.41, 5.74) is 2.45. The zero-order valence-corrected chi connectivity index (χ0v) is 15.4. The van der Waals surface area contributed by atoms with Gasteiger partial charge in [0, 0.05) is 11.1 Å². The number of rotatable bonds is 8. The second-order valence-corrected chi connectivity index (χ2v) is 5.85. The second-order valence-electron chi connectivity index (χ2n) is 5.85. The van der Waals surface area contributed by atoms with E-state index >= 15 is 0 Å². The molecule has 1 atom stereocenters. The molecule has 1 amide bonds. The van der Waals surface area contributed by atoms with Crippen molar-refractivity contribution in [3.05, 3.63) is 53.1 Å². The Labute approximate surface area is 153 Å². The fourth-order valence-electron chi connectivity index (χ4n) is 2.57. The molecule has 0 spiro atoms. The lowest BCUT2D eigenvalue weighted by Gasteiger charge is -2.18. The number of aryl methyl sites for hydroxylation is 1. The molecule has 2 aromatic carbocycles. The van der Waals surface area contributed by atoms with E-state index in [1.807, 2.05) is 32.0 Å². The van der Waals surface area contributed by atoms with Gasteiger partial charge < -0.3 is 19.5 Å². The summed E-state index contributed by atoms with van der Waals surface area (Å²) in [6.45, 7) is 3.69. The molecule has 138 valence electrons. The van der Waals surface area contributed by atoms with Gasteiger partial charge in [-0.25, -0.2) is 0 Å². The van der Waals surface area contributed by atoms with Crippen LogP contribution in [0.5, 0.6) is 17.2 Å². The Balaban J connectivity index is 2.01. The van der Waals surface area contributed by atoms with Crippen LogP contribution < -0.4 is 19.5 Å². The number of benzene rings is 2. The first-order valence-corrected chi connectivity index (χ1v) is 8.18. The third kappa shape index (κ3) is 4.75. The molecule has 0 unspecified atom stereocenters. The summed E-state index contributed by atoms with van der Waals surface area (Å²) in [6.07, 6.45) is 0.718. The summed E-state index contributed by atoms with van der Waals surface area (Å²) in [7, 11) is 3.07. The molecule has 2 rings (SSSR count). The Morgan fingerprint density at radius 2 is 1.77 bits per heavy atom. The molecule has 6 nitrogen and oxygen atoms in total. The van der Waals surface area contributed by atoms with Crippen LogP contribution in [-0.2, 0) is 4.79 Å². The summed E-state index contributed by atoms with van der Waals surface area (Å²) < 4.78 is 16.1. The molecule has 0 aromatic heterocycles. The lowest BCUT2D eigenvalue weighted by molar-refractivity contribution is -0.123. The van der Waals surface area contributed by atoms with Gasteiger partial charge in [0.05, 0.1) is 20.3 Å².